The summed E-state index contributed by atoms with van der Waals surface area (Å²) in [6.45, 7) is 0. The number of primary amides is 1. The maximum absolute atomic E-state index is 10.8. The molecule has 2 aromatic rings. The van der Waals surface area contributed by atoms with Gasteiger partial charge in [-0.2, -0.15) is 0 Å². The molecule has 0 aliphatic heterocycles. The molecule has 1 aromatic heterocycles. The Bertz CT molecular complexity index is 505. The second-order valence-corrected chi connectivity index (χ2v) is 3.01. The van der Waals surface area contributed by atoms with E-state index in [1.165, 1.54) is 0 Å². The van der Waals surface area contributed by atoms with Gasteiger partial charge in [0.1, 0.15) is 0 Å². The normalized spacial score (nSPS) is 10.0. The SMILES string of the molecule is NC(=O)c1ccc(Nc2nnc(N)o2)cc1. The second-order valence-electron chi connectivity index (χ2n) is 3.01. The highest BCUT2D eigenvalue weighted by Crippen LogP contribution is 2.16. The summed E-state index contributed by atoms with van der Waals surface area (Å²) in [6, 6.07) is 6.68. The summed E-state index contributed by atoms with van der Waals surface area (Å²) < 4.78 is 4.92. The smallest absolute Gasteiger partial charge is 0.321 e. The second kappa shape index (κ2) is 3.89. The molecule has 1 amide bonds. The van der Waals surface area contributed by atoms with Gasteiger partial charge in [0.2, 0.25) is 5.91 Å². The lowest BCUT2D eigenvalue weighted by atomic mass is 10.2. The Balaban J connectivity index is 2.14. The Hall–Kier alpha value is -2.57. The van der Waals surface area contributed by atoms with Gasteiger partial charge in [-0.25, -0.2) is 0 Å². The van der Waals surface area contributed by atoms with Crippen LogP contribution in [0.3, 0.4) is 0 Å². The third-order valence-electron chi connectivity index (χ3n) is 1.86. The summed E-state index contributed by atoms with van der Waals surface area (Å²) in [5, 5.41) is 9.93. The maximum Gasteiger partial charge on any atom is 0.321 e. The van der Waals surface area contributed by atoms with Crippen molar-refractivity contribution < 1.29 is 9.21 Å². The van der Waals surface area contributed by atoms with E-state index in [1.807, 2.05) is 0 Å². The van der Waals surface area contributed by atoms with Crippen LogP contribution >= 0.6 is 0 Å². The van der Waals surface area contributed by atoms with E-state index in [0.29, 0.717) is 11.3 Å². The summed E-state index contributed by atoms with van der Waals surface area (Å²) in [5.74, 6) is -0.478. The van der Waals surface area contributed by atoms with Crippen LogP contribution < -0.4 is 16.8 Å². The topological polar surface area (TPSA) is 120 Å². The first-order chi connectivity index (χ1) is 7.65. The number of nitrogens with two attached hydrogens (primary N) is 2. The number of nitrogen functional groups attached to an aromatic ring is 1. The molecule has 0 fully saturated rings. The summed E-state index contributed by atoms with van der Waals surface area (Å²) in [6.07, 6.45) is 0. The number of nitrogens with one attached hydrogen (secondary N) is 1. The van der Waals surface area contributed by atoms with Crippen LogP contribution in [0.1, 0.15) is 10.4 Å². The number of aromatic nitrogens is 2. The van der Waals surface area contributed by atoms with E-state index < -0.39 is 5.91 Å². The number of rotatable bonds is 3. The monoisotopic (exact) mass is 219 g/mol. The molecule has 82 valence electrons. The van der Waals surface area contributed by atoms with Gasteiger partial charge < -0.3 is 21.2 Å². The number of nitrogens with zero attached hydrogens (tertiary/aromatic N) is 2. The average Bonchev–Trinajstić information content (AvgIpc) is 2.65. The highest BCUT2D eigenvalue weighted by molar-refractivity contribution is 5.93. The molecule has 0 unspecified atom stereocenters. The zero-order valence-electron chi connectivity index (χ0n) is 8.18. The highest BCUT2D eigenvalue weighted by atomic mass is 16.4. The van der Waals surface area contributed by atoms with Gasteiger partial charge in [-0.1, -0.05) is 10.2 Å². The van der Waals surface area contributed by atoms with Crippen LogP contribution in [-0.4, -0.2) is 16.1 Å². The first-order valence-electron chi connectivity index (χ1n) is 4.41. The molecular formula is C9H9N5O2. The van der Waals surface area contributed by atoms with Gasteiger partial charge in [-0.3, -0.25) is 4.79 Å². The van der Waals surface area contributed by atoms with E-state index in [0.717, 1.165) is 0 Å². The quantitative estimate of drug-likeness (QED) is 0.691. The third kappa shape index (κ3) is 2.08. The van der Waals surface area contributed by atoms with Crippen molar-refractivity contribution in [3.63, 3.8) is 0 Å². The Morgan fingerprint density at radius 3 is 2.44 bits per heavy atom. The summed E-state index contributed by atoms with van der Waals surface area (Å²) >= 11 is 0. The molecule has 0 radical (unpaired) electrons. The molecule has 0 atom stereocenters. The molecule has 0 saturated carbocycles. The van der Waals surface area contributed by atoms with Gasteiger partial charge in [-0.05, 0) is 24.3 Å². The average molecular weight is 219 g/mol. The number of hydrogen-bond donors (Lipinski definition) is 3. The van der Waals surface area contributed by atoms with Crippen molar-refractivity contribution in [1.82, 2.24) is 10.2 Å². The van der Waals surface area contributed by atoms with E-state index >= 15 is 0 Å². The van der Waals surface area contributed by atoms with Gasteiger partial charge in [0.15, 0.2) is 0 Å². The van der Waals surface area contributed by atoms with Crippen LogP contribution in [0.2, 0.25) is 0 Å². The number of carbonyl (C=O) groups is 1. The lowest BCUT2D eigenvalue weighted by Gasteiger charge is -2.01. The molecule has 7 heteroatoms. The number of carbonyl (C=O) groups excluding carboxylic acids is 1. The van der Waals surface area contributed by atoms with Crippen LogP contribution in [0, 0.1) is 0 Å². The minimum absolute atomic E-state index is 0.0174. The highest BCUT2D eigenvalue weighted by Gasteiger charge is 2.03. The lowest BCUT2D eigenvalue weighted by Crippen LogP contribution is -2.10. The van der Waals surface area contributed by atoms with Gasteiger partial charge in [0.25, 0.3) is 0 Å². The third-order valence-corrected chi connectivity index (χ3v) is 1.86. The Labute approximate surface area is 90.4 Å². The molecule has 1 heterocycles. The number of anilines is 3. The fraction of sp³-hybridized carbons (Fsp3) is 0. The van der Waals surface area contributed by atoms with Crippen LogP contribution in [0.4, 0.5) is 17.7 Å². The van der Waals surface area contributed by atoms with Crippen molar-refractivity contribution in [1.29, 1.82) is 0 Å². The van der Waals surface area contributed by atoms with Crippen molar-refractivity contribution in [2.45, 2.75) is 0 Å². The first kappa shape index (κ1) is 9.97. The van der Waals surface area contributed by atoms with Crippen LogP contribution in [-0.2, 0) is 0 Å². The molecule has 2 rings (SSSR count). The van der Waals surface area contributed by atoms with Crippen molar-refractivity contribution >= 4 is 23.6 Å². The van der Waals surface area contributed by atoms with Crippen molar-refractivity contribution in [3.05, 3.63) is 29.8 Å². The molecule has 0 bridgehead atoms. The van der Waals surface area contributed by atoms with Crippen molar-refractivity contribution in [3.8, 4) is 0 Å². The first-order valence-corrected chi connectivity index (χ1v) is 4.41. The summed E-state index contributed by atoms with van der Waals surface area (Å²) in [5.41, 5.74) is 11.5. The predicted octanol–water partition coefficient (Wildman–Crippen LogP) is 0.494. The van der Waals surface area contributed by atoms with E-state index in [9.17, 15) is 4.79 Å². The van der Waals surface area contributed by atoms with Crippen LogP contribution in [0.25, 0.3) is 0 Å². The van der Waals surface area contributed by atoms with Crippen molar-refractivity contribution in [2.24, 2.45) is 5.73 Å². The summed E-state index contributed by atoms with van der Waals surface area (Å²) in [4.78, 5) is 10.8. The van der Waals surface area contributed by atoms with Crippen molar-refractivity contribution in [2.75, 3.05) is 11.1 Å². The molecule has 0 saturated heterocycles. The zero-order valence-corrected chi connectivity index (χ0v) is 8.18. The van der Waals surface area contributed by atoms with Gasteiger partial charge >= 0.3 is 12.0 Å². The van der Waals surface area contributed by atoms with Gasteiger partial charge in [0, 0.05) is 11.3 Å². The maximum atomic E-state index is 10.8. The molecule has 0 aliphatic rings. The minimum Gasteiger partial charge on any atom is -0.389 e. The Kier molecular flexibility index (Phi) is 2.42. The van der Waals surface area contributed by atoms with Crippen LogP contribution in [0.5, 0.6) is 0 Å². The molecule has 5 N–H and O–H groups in total. The largest absolute Gasteiger partial charge is 0.389 e. The summed E-state index contributed by atoms with van der Waals surface area (Å²) in [7, 11) is 0. The zero-order chi connectivity index (χ0) is 11.5. The fourth-order valence-corrected chi connectivity index (χ4v) is 1.13. The van der Waals surface area contributed by atoms with Crippen LogP contribution in [0.15, 0.2) is 28.7 Å². The minimum atomic E-state index is -0.478. The number of amides is 1. The lowest BCUT2D eigenvalue weighted by molar-refractivity contribution is 0.100. The molecular weight excluding hydrogens is 210 g/mol. The van der Waals surface area contributed by atoms with E-state index in [2.05, 4.69) is 15.5 Å². The fourth-order valence-electron chi connectivity index (χ4n) is 1.13. The standard InChI is InChI=1S/C9H9N5O2/c10-7(15)5-1-3-6(4-2-5)12-9-14-13-8(11)16-9/h1-4H,(H2,10,15)(H2,11,13)(H,12,14). The molecule has 0 spiro atoms. The van der Waals surface area contributed by atoms with Gasteiger partial charge in [-0.15, -0.1) is 0 Å². The molecule has 7 nitrogen and oxygen atoms in total. The molecule has 16 heavy (non-hydrogen) atoms. The van der Waals surface area contributed by atoms with E-state index in [1.54, 1.807) is 24.3 Å². The Morgan fingerprint density at radius 2 is 1.94 bits per heavy atom. The Morgan fingerprint density at radius 1 is 1.25 bits per heavy atom. The van der Waals surface area contributed by atoms with E-state index in [4.69, 9.17) is 15.9 Å². The molecule has 1 aromatic carbocycles. The van der Waals surface area contributed by atoms with E-state index in [-0.39, 0.29) is 12.0 Å². The van der Waals surface area contributed by atoms with Gasteiger partial charge in [0.05, 0.1) is 0 Å². The number of hydrogen-bond acceptors (Lipinski definition) is 6. The number of benzene rings is 1. The predicted molar refractivity (Wildman–Crippen MR) is 57.0 cm³/mol. The molecule has 0 aliphatic carbocycles.